The van der Waals surface area contributed by atoms with Gasteiger partial charge in [0.05, 0.1) is 18.0 Å². The molecule has 3 N–H and O–H groups in total. The Morgan fingerprint density at radius 2 is 1.94 bits per heavy atom. The minimum absolute atomic E-state index is 0.0238. The van der Waals surface area contributed by atoms with Crippen molar-refractivity contribution in [1.82, 2.24) is 0 Å². The van der Waals surface area contributed by atoms with Crippen molar-refractivity contribution in [3.63, 3.8) is 0 Å². The molecule has 1 atom stereocenters. The maximum absolute atomic E-state index is 12.6. The molecule has 8 nitrogen and oxygen atoms in total. The second-order valence-corrected chi connectivity index (χ2v) is 10.1. The first-order chi connectivity index (χ1) is 16.3. The third-order valence-electron chi connectivity index (χ3n) is 5.52. The lowest BCUT2D eigenvalue weighted by atomic mass is 10.1. The van der Waals surface area contributed by atoms with Gasteiger partial charge in [0.2, 0.25) is 10.0 Å². The summed E-state index contributed by atoms with van der Waals surface area (Å²) in [7, 11) is -3.49. The molecule has 9 heteroatoms. The van der Waals surface area contributed by atoms with Crippen molar-refractivity contribution < 1.29 is 32.9 Å². The molecule has 3 rings (SSSR count). The Bertz CT molecular complexity index is 1080. The highest BCUT2D eigenvalue weighted by atomic mass is 32.2. The van der Waals surface area contributed by atoms with Gasteiger partial charge < -0.3 is 19.7 Å². The number of anilines is 1. The maximum Gasteiger partial charge on any atom is 0.303 e. The number of carboxylic acids is 1. The predicted molar refractivity (Wildman–Crippen MR) is 130 cm³/mol. The van der Waals surface area contributed by atoms with Crippen LogP contribution >= 0.6 is 0 Å². The van der Waals surface area contributed by atoms with E-state index in [0.717, 1.165) is 11.1 Å². The van der Waals surface area contributed by atoms with E-state index in [0.29, 0.717) is 50.3 Å². The smallest absolute Gasteiger partial charge is 0.303 e. The van der Waals surface area contributed by atoms with E-state index in [1.165, 1.54) is 0 Å². The van der Waals surface area contributed by atoms with Crippen molar-refractivity contribution in [1.29, 1.82) is 0 Å². The van der Waals surface area contributed by atoms with Crippen LogP contribution in [0.1, 0.15) is 36.8 Å². The van der Waals surface area contributed by atoms with Gasteiger partial charge in [0.1, 0.15) is 5.75 Å². The van der Waals surface area contributed by atoms with Gasteiger partial charge in [0.15, 0.2) is 0 Å². The minimum Gasteiger partial charge on any atom is -0.493 e. The van der Waals surface area contributed by atoms with Crippen molar-refractivity contribution >= 4 is 27.8 Å². The molecule has 0 unspecified atom stereocenters. The van der Waals surface area contributed by atoms with E-state index in [-0.39, 0.29) is 13.0 Å². The van der Waals surface area contributed by atoms with Gasteiger partial charge in [0.25, 0.3) is 0 Å². The maximum atomic E-state index is 12.6. The van der Waals surface area contributed by atoms with Gasteiger partial charge in [-0.05, 0) is 48.6 Å². The summed E-state index contributed by atoms with van der Waals surface area (Å²) in [5.74, 6) is -0.250. The molecule has 0 bridgehead atoms. The monoisotopic (exact) mass is 489 g/mol. The standard InChI is InChI=1S/C25H31NO7S/c27-22(12-17-33-24-7-2-1-5-20(24)9-11-25(28)29)10-8-19-4-3-6-21(18-19)26-34(30,31)23-13-15-32-16-14-23/h1-8,10,18,22-23,26-27H,9,11-17H2,(H,28,29)/b10-8+/t22-/m0/s1. The van der Waals surface area contributed by atoms with Crippen LogP contribution in [0.25, 0.3) is 6.08 Å². The van der Waals surface area contributed by atoms with Gasteiger partial charge in [-0.3, -0.25) is 9.52 Å². The number of nitrogens with one attached hydrogen (secondary N) is 1. The zero-order valence-electron chi connectivity index (χ0n) is 18.9. The fraction of sp³-hybridized carbons (Fsp3) is 0.400. The van der Waals surface area contributed by atoms with E-state index in [9.17, 15) is 18.3 Å². The second kappa shape index (κ2) is 12.5. The highest BCUT2D eigenvalue weighted by Crippen LogP contribution is 2.22. The number of ether oxygens (including phenoxy) is 2. The number of aliphatic carboxylic acids is 1. The Hall–Kier alpha value is -2.88. The summed E-state index contributed by atoms with van der Waals surface area (Å²) in [4.78, 5) is 10.8. The topological polar surface area (TPSA) is 122 Å². The lowest BCUT2D eigenvalue weighted by Gasteiger charge is -2.22. The number of carboxylic acid groups (broad SMARTS) is 1. The highest BCUT2D eigenvalue weighted by Gasteiger charge is 2.27. The van der Waals surface area contributed by atoms with Crippen LogP contribution in [0.5, 0.6) is 5.75 Å². The Morgan fingerprint density at radius 3 is 2.71 bits per heavy atom. The molecule has 1 aliphatic heterocycles. The van der Waals surface area contributed by atoms with Crippen LogP contribution in [0.15, 0.2) is 54.6 Å². The average molecular weight is 490 g/mol. The molecule has 2 aromatic rings. The third kappa shape index (κ3) is 8.16. The van der Waals surface area contributed by atoms with Crippen molar-refractivity contribution in [2.24, 2.45) is 0 Å². The molecule has 1 fully saturated rings. The van der Waals surface area contributed by atoms with Crippen LogP contribution in [0.4, 0.5) is 5.69 Å². The van der Waals surface area contributed by atoms with Crippen molar-refractivity contribution in [2.75, 3.05) is 24.5 Å². The molecule has 0 amide bonds. The molecule has 2 aromatic carbocycles. The summed E-state index contributed by atoms with van der Waals surface area (Å²) >= 11 is 0. The largest absolute Gasteiger partial charge is 0.493 e. The first kappa shape index (κ1) is 25.7. The zero-order valence-corrected chi connectivity index (χ0v) is 19.7. The summed E-state index contributed by atoms with van der Waals surface area (Å²) in [6.45, 7) is 1.16. The van der Waals surface area contributed by atoms with Crippen LogP contribution in [0, 0.1) is 0 Å². The van der Waals surface area contributed by atoms with Crippen LogP contribution in [-0.4, -0.2) is 55.8 Å². The zero-order chi connectivity index (χ0) is 24.4. The molecule has 1 heterocycles. The molecule has 0 aliphatic carbocycles. The molecule has 184 valence electrons. The van der Waals surface area contributed by atoms with E-state index < -0.39 is 27.3 Å². The van der Waals surface area contributed by atoms with Gasteiger partial charge in [-0.2, -0.15) is 0 Å². The number of hydrogen-bond donors (Lipinski definition) is 3. The van der Waals surface area contributed by atoms with Gasteiger partial charge >= 0.3 is 5.97 Å². The van der Waals surface area contributed by atoms with Crippen molar-refractivity contribution in [3.8, 4) is 5.75 Å². The SMILES string of the molecule is O=C(O)CCc1ccccc1OCC[C@@H](O)/C=C/c1cccc(NS(=O)(=O)C2CCOCC2)c1. The summed E-state index contributed by atoms with van der Waals surface area (Å²) in [6.07, 6.45) is 4.32. The second-order valence-electron chi connectivity index (χ2n) is 8.15. The average Bonchev–Trinajstić information content (AvgIpc) is 2.82. The fourth-order valence-corrected chi connectivity index (χ4v) is 5.08. The number of aliphatic hydroxyl groups is 1. The van der Waals surface area contributed by atoms with Crippen LogP contribution in [0.2, 0.25) is 0 Å². The fourth-order valence-electron chi connectivity index (χ4n) is 3.64. The third-order valence-corrected chi connectivity index (χ3v) is 7.39. The number of hydrogen-bond acceptors (Lipinski definition) is 6. The van der Waals surface area contributed by atoms with Crippen LogP contribution in [0.3, 0.4) is 0 Å². The number of sulfonamides is 1. The normalized spacial score (nSPS) is 15.8. The van der Waals surface area contributed by atoms with Gasteiger partial charge in [-0.15, -0.1) is 0 Å². The Kier molecular flexibility index (Phi) is 9.50. The highest BCUT2D eigenvalue weighted by molar-refractivity contribution is 7.93. The first-order valence-electron chi connectivity index (χ1n) is 11.3. The number of rotatable bonds is 12. The minimum atomic E-state index is -3.49. The first-order valence-corrected chi connectivity index (χ1v) is 12.9. The predicted octanol–water partition coefficient (Wildman–Crippen LogP) is 3.47. The Labute approximate surface area is 200 Å². The molecule has 0 spiro atoms. The Balaban J connectivity index is 1.51. The summed E-state index contributed by atoms with van der Waals surface area (Å²) in [5, 5.41) is 18.7. The van der Waals surface area contributed by atoms with Gasteiger partial charge in [0, 0.05) is 31.7 Å². The van der Waals surface area contributed by atoms with E-state index in [2.05, 4.69) is 4.72 Å². The van der Waals surface area contributed by atoms with Crippen molar-refractivity contribution in [2.45, 2.75) is 43.5 Å². The lowest BCUT2D eigenvalue weighted by Crippen LogP contribution is -2.33. The van der Waals surface area contributed by atoms with Crippen LogP contribution < -0.4 is 9.46 Å². The van der Waals surface area contributed by atoms with E-state index >= 15 is 0 Å². The lowest BCUT2D eigenvalue weighted by molar-refractivity contribution is -0.136. The number of aryl methyl sites for hydroxylation is 1. The molecule has 34 heavy (non-hydrogen) atoms. The summed E-state index contributed by atoms with van der Waals surface area (Å²) < 4.78 is 38.8. The molecule has 0 saturated carbocycles. The number of benzene rings is 2. The molecule has 0 radical (unpaired) electrons. The van der Waals surface area contributed by atoms with E-state index in [1.807, 2.05) is 24.3 Å². The number of para-hydroxylation sites is 1. The van der Waals surface area contributed by atoms with E-state index in [1.54, 1.807) is 36.4 Å². The molecule has 1 aliphatic rings. The molecule has 1 saturated heterocycles. The summed E-state index contributed by atoms with van der Waals surface area (Å²) in [5.41, 5.74) is 2.05. The molecule has 0 aromatic heterocycles. The van der Waals surface area contributed by atoms with Gasteiger partial charge in [-0.1, -0.05) is 42.5 Å². The Morgan fingerprint density at radius 1 is 1.18 bits per heavy atom. The quantitative estimate of drug-likeness (QED) is 0.417. The van der Waals surface area contributed by atoms with Gasteiger partial charge in [-0.25, -0.2) is 8.42 Å². The molecular weight excluding hydrogens is 458 g/mol. The number of carbonyl (C=O) groups is 1. The number of aliphatic hydroxyl groups excluding tert-OH is 1. The van der Waals surface area contributed by atoms with Crippen LogP contribution in [-0.2, 0) is 26.0 Å². The van der Waals surface area contributed by atoms with Crippen molar-refractivity contribution in [3.05, 3.63) is 65.7 Å². The summed E-state index contributed by atoms with van der Waals surface area (Å²) in [6, 6.07) is 14.3. The molecular formula is C25H31NO7S. The van der Waals surface area contributed by atoms with E-state index in [4.69, 9.17) is 14.6 Å².